The molecule has 0 aliphatic rings. The van der Waals surface area contributed by atoms with Crippen LogP contribution in [0.15, 0.2) is 77.8 Å². The van der Waals surface area contributed by atoms with Gasteiger partial charge >= 0.3 is 7.60 Å². The lowest BCUT2D eigenvalue weighted by Gasteiger charge is -2.14. The average Bonchev–Trinajstić information content (AvgIpc) is 2.83. The molecule has 0 atom stereocenters. The van der Waals surface area contributed by atoms with Crippen molar-refractivity contribution < 1.29 is 18.3 Å². The molecule has 0 amide bonds. The molecule has 0 unspecified atom stereocenters. The van der Waals surface area contributed by atoms with E-state index in [0.717, 1.165) is 41.0 Å². The number of hydrogen-bond donors (Lipinski definition) is 0. The van der Waals surface area contributed by atoms with E-state index in [9.17, 15) is 4.57 Å². The molecule has 0 saturated carbocycles. The zero-order valence-electron chi connectivity index (χ0n) is 18.2. The summed E-state index contributed by atoms with van der Waals surface area (Å²) in [5.41, 5.74) is 3.79. The molecular weight excluding hydrogens is 409 g/mol. The molecule has 3 aromatic rings. The van der Waals surface area contributed by atoms with Crippen molar-refractivity contribution in [2.24, 2.45) is 4.99 Å². The summed E-state index contributed by atoms with van der Waals surface area (Å²) in [5.74, 6) is 0.786. The second-order valence-corrected chi connectivity index (χ2v) is 9.20. The number of ether oxygens (including phenoxy) is 1. The molecule has 0 aromatic heterocycles. The van der Waals surface area contributed by atoms with E-state index in [4.69, 9.17) is 13.8 Å². The zero-order valence-corrected chi connectivity index (χ0v) is 19.0. The Labute approximate surface area is 184 Å². The van der Waals surface area contributed by atoms with Gasteiger partial charge in [-0.25, -0.2) is 0 Å². The Morgan fingerprint density at radius 3 is 2.23 bits per heavy atom. The van der Waals surface area contributed by atoms with Crippen LogP contribution in [0.2, 0.25) is 0 Å². The first-order valence-corrected chi connectivity index (χ1v) is 11.8. The molecule has 0 bridgehead atoms. The van der Waals surface area contributed by atoms with Crippen LogP contribution in [0.25, 0.3) is 11.1 Å². The van der Waals surface area contributed by atoms with Crippen LogP contribution in [0.3, 0.4) is 0 Å². The summed E-state index contributed by atoms with van der Waals surface area (Å²) in [6.45, 7) is 2.79. The summed E-state index contributed by atoms with van der Waals surface area (Å²) in [7, 11) is -0.496. The molecule has 0 spiro atoms. The number of unbranched alkanes of at least 4 members (excludes halogenated alkanes) is 1. The van der Waals surface area contributed by atoms with Gasteiger partial charge in [-0.05, 0) is 53.9 Å². The predicted molar refractivity (Wildman–Crippen MR) is 127 cm³/mol. The molecule has 0 heterocycles. The standard InChI is InChI=1S/C25H28NO4P/c1-4-5-17-30-25-18-21(11-12-22(25)19-26-23-9-7-6-8-10-23)20-13-15-24(16-14-20)31(27,28-2)29-3/h6-16,18-19H,4-5,17H2,1-3H3/b26-19+. The first kappa shape index (κ1) is 23.0. The average molecular weight is 437 g/mol. The number of nitrogens with zero attached hydrogens (tertiary/aromatic N) is 1. The van der Waals surface area contributed by atoms with Crippen molar-refractivity contribution in [3.63, 3.8) is 0 Å². The topological polar surface area (TPSA) is 57.1 Å². The van der Waals surface area contributed by atoms with Crippen LogP contribution >= 0.6 is 7.60 Å². The molecule has 3 aromatic carbocycles. The lowest BCUT2D eigenvalue weighted by Crippen LogP contribution is -2.07. The Morgan fingerprint density at radius 1 is 0.903 bits per heavy atom. The summed E-state index contributed by atoms with van der Waals surface area (Å²) in [5, 5.41) is 0.521. The van der Waals surface area contributed by atoms with Crippen LogP contribution in [-0.4, -0.2) is 27.0 Å². The van der Waals surface area contributed by atoms with E-state index >= 15 is 0 Å². The summed E-state index contributed by atoms with van der Waals surface area (Å²) in [6.07, 6.45) is 3.88. The Hall–Kier alpha value is -2.72. The van der Waals surface area contributed by atoms with Crippen molar-refractivity contribution in [2.75, 3.05) is 20.8 Å². The van der Waals surface area contributed by atoms with Gasteiger partial charge in [-0.2, -0.15) is 0 Å². The highest BCUT2D eigenvalue weighted by Crippen LogP contribution is 2.45. The molecule has 0 aliphatic heterocycles. The fraction of sp³-hybridized carbons (Fsp3) is 0.240. The number of rotatable bonds is 10. The minimum Gasteiger partial charge on any atom is -0.493 e. The van der Waals surface area contributed by atoms with Gasteiger partial charge in [0.25, 0.3) is 0 Å². The third kappa shape index (κ3) is 5.92. The van der Waals surface area contributed by atoms with Gasteiger partial charge in [-0.15, -0.1) is 0 Å². The summed E-state index contributed by atoms with van der Waals surface area (Å²) in [4.78, 5) is 4.56. The smallest absolute Gasteiger partial charge is 0.360 e. The maximum atomic E-state index is 12.6. The van der Waals surface area contributed by atoms with E-state index in [1.807, 2.05) is 66.9 Å². The summed E-state index contributed by atoms with van der Waals surface area (Å²) >= 11 is 0. The van der Waals surface area contributed by atoms with Gasteiger partial charge in [0, 0.05) is 26.0 Å². The molecule has 0 radical (unpaired) electrons. The summed E-state index contributed by atoms with van der Waals surface area (Å²) in [6, 6.07) is 23.2. The fourth-order valence-electron chi connectivity index (χ4n) is 3.05. The van der Waals surface area contributed by atoms with Crippen molar-refractivity contribution >= 4 is 24.8 Å². The van der Waals surface area contributed by atoms with Gasteiger partial charge in [-0.1, -0.05) is 49.7 Å². The third-order valence-corrected chi connectivity index (χ3v) is 6.77. The number of para-hydroxylation sites is 1. The van der Waals surface area contributed by atoms with Crippen LogP contribution < -0.4 is 10.0 Å². The van der Waals surface area contributed by atoms with Gasteiger partial charge in [0.2, 0.25) is 0 Å². The highest BCUT2D eigenvalue weighted by Gasteiger charge is 2.24. The van der Waals surface area contributed by atoms with Gasteiger partial charge in [0.1, 0.15) is 5.75 Å². The first-order valence-electron chi connectivity index (χ1n) is 10.3. The second-order valence-electron chi connectivity index (χ2n) is 6.96. The number of aliphatic imine (C=N–C) groups is 1. The third-order valence-electron chi connectivity index (χ3n) is 4.88. The van der Waals surface area contributed by atoms with Crippen LogP contribution in [-0.2, 0) is 13.6 Å². The van der Waals surface area contributed by atoms with Gasteiger partial charge < -0.3 is 13.8 Å². The lowest BCUT2D eigenvalue weighted by atomic mass is 10.0. The quantitative estimate of drug-likeness (QED) is 0.209. The van der Waals surface area contributed by atoms with E-state index in [0.29, 0.717) is 11.9 Å². The second kappa shape index (κ2) is 11.1. The van der Waals surface area contributed by atoms with Crippen molar-refractivity contribution in [3.8, 4) is 16.9 Å². The molecule has 5 nitrogen and oxygen atoms in total. The zero-order chi connectivity index (χ0) is 22.1. The van der Waals surface area contributed by atoms with Crippen LogP contribution in [0, 0.1) is 0 Å². The first-order chi connectivity index (χ1) is 15.1. The van der Waals surface area contributed by atoms with Crippen LogP contribution in [0.4, 0.5) is 5.69 Å². The molecule has 31 heavy (non-hydrogen) atoms. The maximum Gasteiger partial charge on any atom is 0.360 e. The molecule has 162 valence electrons. The van der Waals surface area contributed by atoms with Crippen LogP contribution in [0.5, 0.6) is 5.75 Å². The lowest BCUT2D eigenvalue weighted by molar-refractivity contribution is 0.287. The highest BCUT2D eigenvalue weighted by molar-refractivity contribution is 7.62. The van der Waals surface area contributed by atoms with Crippen molar-refractivity contribution in [1.82, 2.24) is 0 Å². The predicted octanol–water partition coefficient (Wildman–Crippen LogP) is 6.39. The Morgan fingerprint density at radius 2 is 1.58 bits per heavy atom. The maximum absolute atomic E-state index is 12.6. The molecule has 6 heteroatoms. The molecule has 0 saturated heterocycles. The van der Waals surface area contributed by atoms with E-state index in [1.54, 1.807) is 12.1 Å². The molecular formula is C25H28NO4P. The van der Waals surface area contributed by atoms with Crippen molar-refractivity contribution in [3.05, 3.63) is 78.4 Å². The Bertz CT molecular complexity index is 1040. The highest BCUT2D eigenvalue weighted by atomic mass is 31.2. The minimum absolute atomic E-state index is 0.521. The van der Waals surface area contributed by atoms with Gasteiger partial charge in [0.05, 0.1) is 17.6 Å². The van der Waals surface area contributed by atoms with Crippen LogP contribution in [0.1, 0.15) is 25.3 Å². The normalized spacial score (nSPS) is 11.7. The SMILES string of the molecule is CCCCOc1cc(-c2ccc(P(=O)(OC)OC)cc2)ccc1/C=N/c1ccccc1. The number of benzene rings is 3. The van der Waals surface area contributed by atoms with Crippen molar-refractivity contribution in [1.29, 1.82) is 0 Å². The van der Waals surface area contributed by atoms with Crippen molar-refractivity contribution in [2.45, 2.75) is 19.8 Å². The van der Waals surface area contributed by atoms with Gasteiger partial charge in [-0.3, -0.25) is 9.56 Å². The Balaban J connectivity index is 1.90. The molecule has 0 N–H and O–H groups in total. The number of hydrogen-bond acceptors (Lipinski definition) is 5. The fourth-order valence-corrected chi connectivity index (χ4v) is 4.14. The van der Waals surface area contributed by atoms with Gasteiger partial charge in [0.15, 0.2) is 0 Å². The largest absolute Gasteiger partial charge is 0.493 e. The van der Waals surface area contributed by atoms with E-state index in [2.05, 4.69) is 11.9 Å². The Kier molecular flexibility index (Phi) is 8.19. The van der Waals surface area contributed by atoms with E-state index in [-0.39, 0.29) is 0 Å². The van der Waals surface area contributed by atoms with E-state index in [1.165, 1.54) is 14.2 Å². The minimum atomic E-state index is -3.26. The van der Waals surface area contributed by atoms with E-state index < -0.39 is 7.60 Å². The molecule has 3 rings (SSSR count). The molecule has 0 fully saturated rings. The molecule has 0 aliphatic carbocycles. The summed E-state index contributed by atoms with van der Waals surface area (Å²) < 4.78 is 28.8. The monoisotopic (exact) mass is 437 g/mol.